The molecule has 5 heteroatoms. The van der Waals surface area contributed by atoms with Crippen LogP contribution in [0.5, 0.6) is 0 Å². The zero-order valence-electron chi connectivity index (χ0n) is 9.16. The number of hydrogen-bond acceptors (Lipinski definition) is 4. The molecule has 0 aromatic rings. The quantitative estimate of drug-likeness (QED) is 0.689. The van der Waals surface area contributed by atoms with Gasteiger partial charge in [-0.15, -0.1) is 0 Å². The Morgan fingerprint density at radius 3 is 2.87 bits per heavy atom. The molecule has 1 heterocycles. The largest absolute Gasteiger partial charge is 0.494 e. The number of nitrogens with one attached hydrogen (secondary N) is 1. The van der Waals surface area contributed by atoms with Gasteiger partial charge in [-0.05, 0) is 5.92 Å². The first-order valence-corrected chi connectivity index (χ1v) is 5.09. The Morgan fingerprint density at radius 2 is 2.33 bits per heavy atom. The first-order chi connectivity index (χ1) is 7.11. The summed E-state index contributed by atoms with van der Waals surface area (Å²) in [4.78, 5) is 11.5. The molecule has 1 atom stereocenters. The summed E-state index contributed by atoms with van der Waals surface area (Å²) < 4.78 is 10.1. The van der Waals surface area contributed by atoms with Gasteiger partial charge in [-0.25, -0.2) is 0 Å². The molecule has 1 unspecified atom stereocenters. The summed E-state index contributed by atoms with van der Waals surface area (Å²) in [6.07, 6.45) is 1.33. The van der Waals surface area contributed by atoms with E-state index >= 15 is 0 Å². The molecule has 0 aliphatic carbocycles. The van der Waals surface area contributed by atoms with Crippen molar-refractivity contribution in [2.24, 2.45) is 11.7 Å². The molecular formula is C10H18N2O3. The van der Waals surface area contributed by atoms with Gasteiger partial charge < -0.3 is 20.5 Å². The van der Waals surface area contributed by atoms with Crippen LogP contribution in [0.3, 0.4) is 0 Å². The molecule has 3 N–H and O–H groups in total. The van der Waals surface area contributed by atoms with Gasteiger partial charge in [0.05, 0.1) is 0 Å². The molecule has 0 fully saturated rings. The number of carbonyl (C=O) groups is 1. The molecule has 1 amide bonds. The van der Waals surface area contributed by atoms with Gasteiger partial charge in [0.15, 0.2) is 0 Å². The maximum atomic E-state index is 11.5. The van der Waals surface area contributed by atoms with Gasteiger partial charge in [-0.2, -0.15) is 0 Å². The first-order valence-electron chi connectivity index (χ1n) is 5.09. The molecule has 0 aromatic heterocycles. The van der Waals surface area contributed by atoms with Gasteiger partial charge in [0, 0.05) is 12.6 Å². The van der Waals surface area contributed by atoms with Crippen LogP contribution in [-0.2, 0) is 14.3 Å². The highest BCUT2D eigenvalue weighted by atomic mass is 16.6. The van der Waals surface area contributed by atoms with Crippen molar-refractivity contribution in [3.05, 3.63) is 12.0 Å². The molecule has 0 saturated carbocycles. The second kappa shape index (κ2) is 5.60. The summed E-state index contributed by atoms with van der Waals surface area (Å²) in [6, 6.07) is -0.0425. The topological polar surface area (TPSA) is 73.6 Å². The third-order valence-electron chi connectivity index (χ3n) is 2.23. The standard InChI is InChI=1S/C10H18N2O3/c1-7(2)8(11)5-12-10(13)9-6-14-3-4-15-9/h6-8H,3-5,11H2,1-2H3,(H,12,13). The van der Waals surface area contributed by atoms with E-state index in [1.807, 2.05) is 13.8 Å². The summed E-state index contributed by atoms with van der Waals surface area (Å²) in [5, 5.41) is 2.70. The van der Waals surface area contributed by atoms with Gasteiger partial charge in [-0.1, -0.05) is 13.8 Å². The number of amides is 1. The summed E-state index contributed by atoms with van der Waals surface area (Å²) in [5.74, 6) is 0.283. The molecule has 86 valence electrons. The van der Waals surface area contributed by atoms with Gasteiger partial charge >= 0.3 is 0 Å². The zero-order valence-corrected chi connectivity index (χ0v) is 9.16. The Kier molecular flexibility index (Phi) is 4.42. The lowest BCUT2D eigenvalue weighted by molar-refractivity contribution is -0.122. The van der Waals surface area contributed by atoms with Crippen LogP contribution < -0.4 is 11.1 Å². The van der Waals surface area contributed by atoms with Crippen LogP contribution in [0.15, 0.2) is 12.0 Å². The monoisotopic (exact) mass is 214 g/mol. The van der Waals surface area contributed by atoms with E-state index in [1.54, 1.807) is 0 Å². The van der Waals surface area contributed by atoms with Crippen LogP contribution in [0.1, 0.15) is 13.8 Å². The molecule has 0 saturated heterocycles. The molecule has 0 spiro atoms. The van der Waals surface area contributed by atoms with E-state index in [0.717, 1.165) is 0 Å². The molecule has 15 heavy (non-hydrogen) atoms. The highest BCUT2D eigenvalue weighted by Gasteiger charge is 2.16. The number of rotatable bonds is 4. The number of nitrogens with two attached hydrogens (primary N) is 1. The normalized spacial score (nSPS) is 17.5. The average molecular weight is 214 g/mol. The molecule has 0 radical (unpaired) electrons. The third kappa shape index (κ3) is 3.79. The summed E-state index contributed by atoms with van der Waals surface area (Å²) in [7, 11) is 0. The fraction of sp³-hybridized carbons (Fsp3) is 0.700. The van der Waals surface area contributed by atoms with Crippen LogP contribution in [0.4, 0.5) is 0 Å². The minimum atomic E-state index is -0.272. The Balaban J connectivity index is 2.32. The van der Waals surface area contributed by atoms with Crippen molar-refractivity contribution in [1.29, 1.82) is 0 Å². The molecule has 1 aliphatic rings. The number of ether oxygens (including phenoxy) is 2. The van der Waals surface area contributed by atoms with Crippen LogP contribution in [0.2, 0.25) is 0 Å². The zero-order chi connectivity index (χ0) is 11.3. The van der Waals surface area contributed by atoms with E-state index in [9.17, 15) is 4.79 Å². The van der Waals surface area contributed by atoms with Crippen LogP contribution >= 0.6 is 0 Å². The number of carbonyl (C=O) groups excluding carboxylic acids is 1. The predicted octanol–water partition coefficient (Wildman–Crippen LogP) is -0.0259. The fourth-order valence-electron chi connectivity index (χ4n) is 1.02. The van der Waals surface area contributed by atoms with Crippen molar-refractivity contribution in [3.8, 4) is 0 Å². The van der Waals surface area contributed by atoms with E-state index < -0.39 is 0 Å². The van der Waals surface area contributed by atoms with Gasteiger partial charge in [0.25, 0.3) is 5.91 Å². The summed E-state index contributed by atoms with van der Waals surface area (Å²) >= 11 is 0. The van der Waals surface area contributed by atoms with Crippen LogP contribution in [0, 0.1) is 5.92 Å². The van der Waals surface area contributed by atoms with Crippen molar-refractivity contribution in [1.82, 2.24) is 5.32 Å². The lowest BCUT2D eigenvalue weighted by Crippen LogP contribution is -2.41. The van der Waals surface area contributed by atoms with Crippen molar-refractivity contribution in [2.45, 2.75) is 19.9 Å². The SMILES string of the molecule is CC(C)C(N)CNC(=O)C1=COCCO1. The smallest absolute Gasteiger partial charge is 0.289 e. The summed E-state index contributed by atoms with van der Waals surface area (Å²) in [6.45, 7) is 5.36. The Hall–Kier alpha value is -1.23. The highest BCUT2D eigenvalue weighted by molar-refractivity contribution is 5.91. The Labute approximate surface area is 89.6 Å². The minimum Gasteiger partial charge on any atom is -0.494 e. The lowest BCUT2D eigenvalue weighted by Gasteiger charge is -2.18. The van der Waals surface area contributed by atoms with Gasteiger partial charge in [-0.3, -0.25) is 4.79 Å². The van der Waals surface area contributed by atoms with Crippen LogP contribution in [-0.4, -0.2) is 31.7 Å². The highest BCUT2D eigenvalue weighted by Crippen LogP contribution is 2.04. The third-order valence-corrected chi connectivity index (χ3v) is 2.23. The van der Waals surface area contributed by atoms with Crippen LogP contribution in [0.25, 0.3) is 0 Å². The first kappa shape index (κ1) is 11.8. The predicted molar refractivity (Wildman–Crippen MR) is 55.8 cm³/mol. The molecule has 5 nitrogen and oxygen atoms in total. The second-order valence-electron chi connectivity index (χ2n) is 3.82. The van der Waals surface area contributed by atoms with Gasteiger partial charge in [0.1, 0.15) is 19.5 Å². The van der Waals surface area contributed by atoms with Gasteiger partial charge in [0.2, 0.25) is 5.76 Å². The maximum absolute atomic E-state index is 11.5. The molecule has 0 aromatic carbocycles. The molecule has 1 aliphatic heterocycles. The molecule has 0 bridgehead atoms. The fourth-order valence-corrected chi connectivity index (χ4v) is 1.02. The number of hydrogen-bond donors (Lipinski definition) is 2. The van der Waals surface area contributed by atoms with Crippen molar-refractivity contribution < 1.29 is 14.3 Å². The Bertz CT molecular complexity index is 251. The lowest BCUT2D eigenvalue weighted by atomic mass is 10.1. The van der Waals surface area contributed by atoms with E-state index in [0.29, 0.717) is 25.7 Å². The molecular weight excluding hydrogens is 196 g/mol. The van der Waals surface area contributed by atoms with E-state index in [4.69, 9.17) is 15.2 Å². The van der Waals surface area contributed by atoms with Crippen molar-refractivity contribution in [2.75, 3.05) is 19.8 Å². The minimum absolute atomic E-state index is 0.0425. The van der Waals surface area contributed by atoms with E-state index in [2.05, 4.69) is 5.32 Å². The second-order valence-corrected chi connectivity index (χ2v) is 3.82. The van der Waals surface area contributed by atoms with Crippen molar-refractivity contribution in [3.63, 3.8) is 0 Å². The summed E-state index contributed by atoms with van der Waals surface area (Å²) in [5.41, 5.74) is 5.79. The van der Waals surface area contributed by atoms with E-state index in [-0.39, 0.29) is 17.7 Å². The maximum Gasteiger partial charge on any atom is 0.289 e. The average Bonchev–Trinajstić information content (AvgIpc) is 2.26. The van der Waals surface area contributed by atoms with Crippen molar-refractivity contribution >= 4 is 5.91 Å². The van der Waals surface area contributed by atoms with E-state index in [1.165, 1.54) is 6.26 Å². The molecule has 1 rings (SSSR count). The Morgan fingerprint density at radius 1 is 1.60 bits per heavy atom.